The van der Waals surface area contributed by atoms with Crippen LogP contribution in [0.25, 0.3) is 0 Å². The lowest BCUT2D eigenvalue weighted by atomic mass is 10.3. The molecule has 0 radical (unpaired) electrons. The first kappa shape index (κ1) is 14.8. The molecular formula is C10H17N3O4S. The van der Waals surface area contributed by atoms with E-state index in [1.165, 1.54) is 11.9 Å². The van der Waals surface area contributed by atoms with E-state index in [-0.39, 0.29) is 18.0 Å². The van der Waals surface area contributed by atoms with E-state index >= 15 is 0 Å². The molecule has 1 saturated heterocycles. The Labute approximate surface area is 110 Å². The standard InChI is InChI=1S/C10H17N3O4S/c1-5(2)17-9(15)6(3)13-18-4-7-8(14)12-10(16)11-7/h5-7,13H,4H2,1-3H3,(H2,11,12,14,16)/t6-,7-/m0/s1. The van der Waals surface area contributed by atoms with Gasteiger partial charge >= 0.3 is 12.0 Å². The van der Waals surface area contributed by atoms with Crippen LogP contribution >= 0.6 is 11.9 Å². The lowest BCUT2D eigenvalue weighted by molar-refractivity contribution is -0.148. The van der Waals surface area contributed by atoms with E-state index in [4.69, 9.17) is 4.74 Å². The number of nitrogens with one attached hydrogen (secondary N) is 3. The van der Waals surface area contributed by atoms with Crippen molar-refractivity contribution in [2.24, 2.45) is 0 Å². The van der Waals surface area contributed by atoms with Crippen molar-refractivity contribution in [2.45, 2.75) is 39.0 Å². The van der Waals surface area contributed by atoms with Gasteiger partial charge in [-0.2, -0.15) is 0 Å². The van der Waals surface area contributed by atoms with E-state index in [0.717, 1.165) is 0 Å². The van der Waals surface area contributed by atoms with Crippen LogP contribution in [0, 0.1) is 0 Å². The molecule has 1 aliphatic rings. The molecule has 18 heavy (non-hydrogen) atoms. The molecule has 0 unspecified atom stereocenters. The Hall–Kier alpha value is -1.28. The summed E-state index contributed by atoms with van der Waals surface area (Å²) in [6.45, 7) is 5.22. The minimum atomic E-state index is -0.566. The molecule has 0 aromatic rings. The van der Waals surface area contributed by atoms with Crippen molar-refractivity contribution in [2.75, 3.05) is 5.75 Å². The largest absolute Gasteiger partial charge is 0.462 e. The molecule has 1 aliphatic heterocycles. The average Bonchev–Trinajstić information content (AvgIpc) is 2.56. The summed E-state index contributed by atoms with van der Waals surface area (Å²) in [5.74, 6) is -0.360. The van der Waals surface area contributed by atoms with E-state index in [0.29, 0.717) is 5.75 Å². The number of imide groups is 1. The molecule has 7 nitrogen and oxygen atoms in total. The maximum absolute atomic E-state index is 11.4. The highest BCUT2D eigenvalue weighted by molar-refractivity contribution is 7.97. The molecule has 1 heterocycles. The van der Waals surface area contributed by atoms with Gasteiger partial charge in [0.1, 0.15) is 12.1 Å². The Bertz CT molecular complexity index is 348. The lowest BCUT2D eigenvalue weighted by Crippen LogP contribution is -2.36. The zero-order chi connectivity index (χ0) is 13.7. The van der Waals surface area contributed by atoms with Gasteiger partial charge in [-0.15, -0.1) is 0 Å². The van der Waals surface area contributed by atoms with Crippen molar-refractivity contribution < 1.29 is 19.1 Å². The average molecular weight is 275 g/mol. The molecule has 0 bridgehead atoms. The molecular weight excluding hydrogens is 258 g/mol. The molecule has 2 atom stereocenters. The van der Waals surface area contributed by atoms with E-state index < -0.39 is 18.1 Å². The smallest absolute Gasteiger partial charge is 0.323 e. The summed E-state index contributed by atoms with van der Waals surface area (Å²) in [6.07, 6.45) is -0.161. The lowest BCUT2D eigenvalue weighted by Gasteiger charge is -2.15. The number of hydrogen-bond donors (Lipinski definition) is 3. The van der Waals surface area contributed by atoms with Gasteiger partial charge in [-0.25, -0.2) is 4.79 Å². The number of ether oxygens (including phenoxy) is 1. The minimum absolute atomic E-state index is 0.161. The number of carbonyl (C=O) groups excluding carboxylic acids is 3. The van der Waals surface area contributed by atoms with E-state index in [2.05, 4.69) is 15.4 Å². The minimum Gasteiger partial charge on any atom is -0.462 e. The third kappa shape index (κ3) is 4.53. The van der Waals surface area contributed by atoms with Crippen LogP contribution in [0.5, 0.6) is 0 Å². The molecule has 0 aliphatic carbocycles. The molecule has 3 N–H and O–H groups in total. The van der Waals surface area contributed by atoms with Crippen LogP contribution in [0.4, 0.5) is 4.79 Å². The number of esters is 1. The molecule has 0 spiro atoms. The normalized spacial score (nSPS) is 20.6. The number of rotatable bonds is 6. The van der Waals surface area contributed by atoms with Crippen LogP contribution < -0.4 is 15.4 Å². The summed E-state index contributed by atoms with van der Waals surface area (Å²) in [5, 5.41) is 4.59. The molecule has 8 heteroatoms. The summed E-state index contributed by atoms with van der Waals surface area (Å²) >= 11 is 1.19. The molecule has 102 valence electrons. The van der Waals surface area contributed by atoms with Crippen LogP contribution in [0.3, 0.4) is 0 Å². The van der Waals surface area contributed by atoms with Gasteiger partial charge in [0.05, 0.1) is 6.10 Å². The van der Waals surface area contributed by atoms with Gasteiger partial charge in [0.2, 0.25) is 0 Å². The Morgan fingerprint density at radius 3 is 2.61 bits per heavy atom. The van der Waals surface area contributed by atoms with Crippen LogP contribution in [0.1, 0.15) is 20.8 Å². The molecule has 3 amide bonds. The number of amides is 3. The highest BCUT2D eigenvalue weighted by atomic mass is 32.2. The Morgan fingerprint density at radius 1 is 1.44 bits per heavy atom. The molecule has 1 rings (SSSR count). The van der Waals surface area contributed by atoms with Crippen molar-refractivity contribution in [1.29, 1.82) is 0 Å². The SMILES string of the molecule is CC(C)OC(=O)[C@H](C)NSC[C@@H]1NC(=O)NC1=O. The fourth-order valence-electron chi connectivity index (χ4n) is 1.22. The number of carbonyl (C=O) groups is 3. The van der Waals surface area contributed by atoms with Crippen molar-refractivity contribution in [1.82, 2.24) is 15.4 Å². The van der Waals surface area contributed by atoms with Crippen LogP contribution in [0.15, 0.2) is 0 Å². The van der Waals surface area contributed by atoms with Gasteiger partial charge in [0.25, 0.3) is 5.91 Å². The monoisotopic (exact) mass is 275 g/mol. The molecule has 0 aromatic heterocycles. The second-order valence-corrected chi connectivity index (χ2v) is 5.01. The van der Waals surface area contributed by atoms with E-state index in [1.807, 2.05) is 0 Å². The quantitative estimate of drug-likeness (QED) is 0.352. The highest BCUT2D eigenvalue weighted by Crippen LogP contribution is 2.05. The first-order valence-electron chi connectivity index (χ1n) is 5.59. The topological polar surface area (TPSA) is 96.5 Å². The van der Waals surface area contributed by atoms with Crippen molar-refractivity contribution >= 4 is 29.9 Å². The van der Waals surface area contributed by atoms with Crippen LogP contribution in [-0.2, 0) is 14.3 Å². The van der Waals surface area contributed by atoms with Gasteiger partial charge in [-0.1, -0.05) is 11.9 Å². The van der Waals surface area contributed by atoms with Crippen LogP contribution in [0.2, 0.25) is 0 Å². The maximum Gasteiger partial charge on any atom is 0.323 e. The van der Waals surface area contributed by atoms with Crippen molar-refractivity contribution in [3.8, 4) is 0 Å². The van der Waals surface area contributed by atoms with E-state index in [9.17, 15) is 14.4 Å². The van der Waals surface area contributed by atoms with Crippen molar-refractivity contribution in [3.05, 3.63) is 0 Å². The maximum atomic E-state index is 11.4. The van der Waals surface area contributed by atoms with Gasteiger partial charge in [0, 0.05) is 5.75 Å². The van der Waals surface area contributed by atoms with Gasteiger partial charge in [0.15, 0.2) is 0 Å². The second kappa shape index (κ2) is 6.60. The fourth-order valence-corrected chi connectivity index (χ4v) is 2.06. The fraction of sp³-hybridized carbons (Fsp3) is 0.700. The summed E-state index contributed by atoms with van der Waals surface area (Å²) in [7, 11) is 0. The zero-order valence-corrected chi connectivity index (χ0v) is 11.3. The first-order valence-corrected chi connectivity index (χ1v) is 6.58. The number of urea groups is 1. The first-order chi connectivity index (χ1) is 8.40. The summed E-state index contributed by atoms with van der Waals surface area (Å²) < 4.78 is 7.87. The molecule has 1 fully saturated rings. The van der Waals surface area contributed by atoms with Gasteiger partial charge < -0.3 is 10.1 Å². The zero-order valence-electron chi connectivity index (χ0n) is 10.5. The van der Waals surface area contributed by atoms with Gasteiger partial charge in [-0.05, 0) is 20.8 Å². The molecule has 0 saturated carbocycles. The Morgan fingerprint density at radius 2 is 2.11 bits per heavy atom. The summed E-state index contributed by atoms with van der Waals surface area (Å²) in [6, 6.07) is -1.53. The highest BCUT2D eigenvalue weighted by Gasteiger charge is 2.29. The second-order valence-electron chi connectivity index (χ2n) is 4.15. The summed E-state index contributed by atoms with van der Waals surface area (Å²) in [4.78, 5) is 33.5. The Kier molecular flexibility index (Phi) is 5.42. The Balaban J connectivity index is 2.23. The predicted molar refractivity (Wildman–Crippen MR) is 66.7 cm³/mol. The third-order valence-electron chi connectivity index (χ3n) is 2.07. The van der Waals surface area contributed by atoms with Crippen molar-refractivity contribution in [3.63, 3.8) is 0 Å². The van der Waals surface area contributed by atoms with Crippen LogP contribution in [-0.4, -0.2) is 41.8 Å². The summed E-state index contributed by atoms with van der Waals surface area (Å²) in [5.41, 5.74) is 0. The third-order valence-corrected chi connectivity index (χ3v) is 3.09. The predicted octanol–water partition coefficient (Wildman–Crippen LogP) is -0.228. The van der Waals surface area contributed by atoms with E-state index in [1.54, 1.807) is 20.8 Å². The number of hydrogen-bond acceptors (Lipinski definition) is 6. The molecule has 0 aromatic carbocycles. The van der Waals surface area contributed by atoms with Gasteiger partial charge in [-0.3, -0.25) is 19.6 Å².